The van der Waals surface area contributed by atoms with Crippen molar-refractivity contribution in [3.8, 4) is 0 Å². The summed E-state index contributed by atoms with van der Waals surface area (Å²) in [4.78, 5) is 43.5. The quantitative estimate of drug-likeness (QED) is 0.570. The first-order valence-electron chi connectivity index (χ1n) is 13.2. The molecule has 3 aliphatic rings. The summed E-state index contributed by atoms with van der Waals surface area (Å²) in [5.41, 5.74) is 3.79. The van der Waals surface area contributed by atoms with Crippen molar-refractivity contribution in [2.45, 2.75) is 70.3 Å². The van der Waals surface area contributed by atoms with Gasteiger partial charge < -0.3 is 20.2 Å². The molecule has 1 saturated heterocycles. The lowest BCUT2D eigenvalue weighted by atomic mass is 9.93. The fraction of sp³-hybridized carbons (Fsp3) is 0.433. The summed E-state index contributed by atoms with van der Waals surface area (Å²) < 4.78 is 0. The molecule has 1 fully saturated rings. The Labute approximate surface area is 218 Å². The maximum atomic E-state index is 13.9. The summed E-state index contributed by atoms with van der Waals surface area (Å²) >= 11 is 0. The molecule has 0 radical (unpaired) electrons. The van der Waals surface area contributed by atoms with Crippen molar-refractivity contribution in [1.82, 2.24) is 15.1 Å². The molecule has 1 unspecified atom stereocenters. The van der Waals surface area contributed by atoms with Crippen molar-refractivity contribution in [3.05, 3.63) is 82.9 Å². The van der Waals surface area contributed by atoms with Gasteiger partial charge in [-0.25, -0.2) is 0 Å². The third kappa shape index (κ3) is 4.92. The molecule has 2 heterocycles. The van der Waals surface area contributed by atoms with E-state index in [2.05, 4.69) is 23.5 Å². The van der Waals surface area contributed by atoms with Crippen LogP contribution in [0.25, 0.3) is 0 Å². The van der Waals surface area contributed by atoms with E-state index in [0.29, 0.717) is 24.6 Å². The molecule has 0 bridgehead atoms. The number of hydrogen-bond acceptors (Lipinski definition) is 4. The lowest BCUT2D eigenvalue weighted by molar-refractivity contribution is -0.143. The third-order valence-electron chi connectivity index (χ3n) is 7.85. The largest absolute Gasteiger partial charge is 0.391 e. The molecule has 1 aliphatic carbocycles. The van der Waals surface area contributed by atoms with E-state index in [4.69, 9.17) is 0 Å². The van der Waals surface area contributed by atoms with Gasteiger partial charge in [0.2, 0.25) is 11.8 Å². The zero-order chi connectivity index (χ0) is 26.1. The van der Waals surface area contributed by atoms with Gasteiger partial charge in [0.05, 0.1) is 6.10 Å². The maximum absolute atomic E-state index is 13.9. The Morgan fingerprint density at radius 2 is 1.86 bits per heavy atom. The van der Waals surface area contributed by atoms with Crippen LogP contribution in [0.3, 0.4) is 0 Å². The Morgan fingerprint density at radius 1 is 1.11 bits per heavy atom. The molecule has 4 atom stereocenters. The van der Waals surface area contributed by atoms with Crippen LogP contribution in [0.1, 0.15) is 66.1 Å². The number of carbonyl (C=O) groups excluding carboxylic acids is 3. The number of β-amino-alcohol motifs (C(OH)–C–C–N with tert-alkyl or cyclic N) is 1. The van der Waals surface area contributed by atoms with E-state index in [0.717, 1.165) is 24.0 Å². The van der Waals surface area contributed by atoms with Crippen LogP contribution in [0.5, 0.6) is 0 Å². The highest BCUT2D eigenvalue weighted by molar-refractivity contribution is 6.01. The molecule has 5 rings (SSSR count). The van der Waals surface area contributed by atoms with Crippen molar-refractivity contribution < 1.29 is 19.5 Å². The minimum Gasteiger partial charge on any atom is -0.391 e. The average Bonchev–Trinajstić information content (AvgIpc) is 3.63. The molecule has 2 N–H and O–H groups in total. The molecular formula is C30H35N3O4. The second kappa shape index (κ2) is 10.5. The lowest BCUT2D eigenvalue weighted by Gasteiger charge is -2.35. The van der Waals surface area contributed by atoms with E-state index in [1.807, 2.05) is 50.2 Å². The summed E-state index contributed by atoms with van der Waals surface area (Å²) in [6.45, 7) is 4.63. The fourth-order valence-corrected chi connectivity index (χ4v) is 6.00. The topological polar surface area (TPSA) is 89.9 Å². The molecule has 0 saturated carbocycles. The summed E-state index contributed by atoms with van der Waals surface area (Å²) in [6, 6.07) is 14.0. The Balaban J connectivity index is 1.31. The van der Waals surface area contributed by atoms with Crippen LogP contribution in [0, 0.1) is 5.92 Å². The van der Waals surface area contributed by atoms with Gasteiger partial charge in [-0.1, -0.05) is 68.5 Å². The molecule has 3 amide bonds. The normalized spacial score (nSPS) is 23.6. The highest BCUT2D eigenvalue weighted by Gasteiger charge is 2.45. The number of allylic oxidation sites excluding steroid dienone is 2. The molecule has 7 heteroatoms. The molecule has 2 aliphatic heterocycles. The third-order valence-corrected chi connectivity index (χ3v) is 7.85. The number of rotatable bonds is 7. The van der Waals surface area contributed by atoms with Gasteiger partial charge in [0.25, 0.3) is 5.91 Å². The van der Waals surface area contributed by atoms with E-state index in [9.17, 15) is 19.5 Å². The summed E-state index contributed by atoms with van der Waals surface area (Å²) in [6.07, 6.45) is 5.94. The predicted octanol–water partition coefficient (Wildman–Crippen LogP) is 3.38. The molecule has 0 spiro atoms. The van der Waals surface area contributed by atoms with E-state index in [1.54, 1.807) is 11.0 Å². The number of aliphatic hydroxyl groups excluding tert-OH is 1. The summed E-state index contributed by atoms with van der Waals surface area (Å²) in [7, 11) is 0. The number of nitrogens with zero attached hydrogens (tertiary/aromatic N) is 2. The van der Waals surface area contributed by atoms with Gasteiger partial charge in [-0.3, -0.25) is 14.4 Å². The Kier molecular flexibility index (Phi) is 7.15. The van der Waals surface area contributed by atoms with E-state index in [1.165, 1.54) is 10.5 Å². The van der Waals surface area contributed by atoms with E-state index < -0.39 is 18.2 Å². The minimum absolute atomic E-state index is 0.0819. The van der Waals surface area contributed by atoms with Crippen LogP contribution >= 0.6 is 0 Å². The first-order valence-corrected chi connectivity index (χ1v) is 13.2. The second-order valence-electron chi connectivity index (χ2n) is 10.7. The fourth-order valence-electron chi connectivity index (χ4n) is 6.00. The predicted molar refractivity (Wildman–Crippen MR) is 140 cm³/mol. The number of nitrogens with one attached hydrogen (secondary N) is 1. The molecule has 194 valence electrons. The maximum Gasteiger partial charge on any atom is 0.255 e. The Bertz CT molecular complexity index is 1220. The van der Waals surface area contributed by atoms with Crippen LogP contribution in [0.2, 0.25) is 0 Å². The number of hydrogen-bond donors (Lipinski definition) is 2. The van der Waals surface area contributed by atoms with E-state index >= 15 is 0 Å². The highest BCUT2D eigenvalue weighted by atomic mass is 16.3. The van der Waals surface area contributed by atoms with Gasteiger partial charge in [-0.2, -0.15) is 0 Å². The van der Waals surface area contributed by atoms with Crippen LogP contribution in [0.15, 0.2) is 60.7 Å². The molecule has 7 nitrogen and oxygen atoms in total. The number of aliphatic hydroxyl groups is 1. The highest BCUT2D eigenvalue weighted by Crippen LogP contribution is 2.32. The van der Waals surface area contributed by atoms with Crippen LogP contribution < -0.4 is 5.32 Å². The zero-order valence-electron chi connectivity index (χ0n) is 21.5. The first-order chi connectivity index (χ1) is 17.8. The summed E-state index contributed by atoms with van der Waals surface area (Å²) in [5.74, 6) is -0.530. The van der Waals surface area contributed by atoms with Crippen LogP contribution in [-0.4, -0.2) is 57.4 Å². The molecular weight excluding hydrogens is 466 g/mol. The monoisotopic (exact) mass is 501 g/mol. The molecule has 0 aromatic heterocycles. The number of benzene rings is 2. The van der Waals surface area contributed by atoms with Gasteiger partial charge in [0, 0.05) is 37.5 Å². The van der Waals surface area contributed by atoms with Gasteiger partial charge in [-0.15, -0.1) is 0 Å². The zero-order valence-corrected chi connectivity index (χ0v) is 21.5. The Hall–Kier alpha value is -3.45. The van der Waals surface area contributed by atoms with Crippen LogP contribution in [0.4, 0.5) is 0 Å². The minimum atomic E-state index is -0.782. The van der Waals surface area contributed by atoms with Gasteiger partial charge >= 0.3 is 0 Å². The van der Waals surface area contributed by atoms with Crippen molar-refractivity contribution in [3.63, 3.8) is 0 Å². The number of likely N-dealkylation sites (tertiary alicyclic amines) is 1. The van der Waals surface area contributed by atoms with Gasteiger partial charge in [-0.05, 0) is 41.5 Å². The number of carbonyl (C=O) groups is 3. The van der Waals surface area contributed by atoms with Crippen molar-refractivity contribution in [2.75, 3.05) is 6.54 Å². The SMILES string of the molecule is CC(C)[C@@H](C(=O)N1C[C@H](O)C[C@H]1C(=O)NCc1ccccc1C1C=CCC1)N1Cc2ccccc2C1=O. The summed E-state index contributed by atoms with van der Waals surface area (Å²) in [5, 5.41) is 13.5. The van der Waals surface area contributed by atoms with Gasteiger partial charge in [0.15, 0.2) is 0 Å². The van der Waals surface area contributed by atoms with Crippen molar-refractivity contribution in [2.24, 2.45) is 5.92 Å². The smallest absolute Gasteiger partial charge is 0.255 e. The van der Waals surface area contributed by atoms with Gasteiger partial charge in [0.1, 0.15) is 12.1 Å². The average molecular weight is 502 g/mol. The molecule has 2 aromatic carbocycles. The standard InChI is InChI=1S/C30H35N3O4/c1-19(2)27(33-17-22-12-6-8-14-25(22)29(33)36)30(37)32-18-23(34)15-26(32)28(35)31-16-21-11-5-7-13-24(21)20-9-3-4-10-20/h3,5-9,11-14,19-20,23,26-27,34H,4,10,15-18H2,1-2H3,(H,31,35)/t20?,23-,26+,27+/m1/s1. The van der Waals surface area contributed by atoms with Crippen molar-refractivity contribution >= 4 is 17.7 Å². The van der Waals surface area contributed by atoms with E-state index in [-0.39, 0.29) is 36.6 Å². The first kappa shape index (κ1) is 25.2. The number of fused-ring (bicyclic) bond motifs is 1. The molecule has 2 aromatic rings. The molecule has 37 heavy (non-hydrogen) atoms. The number of amides is 3. The lowest BCUT2D eigenvalue weighted by Crippen LogP contribution is -2.55. The Morgan fingerprint density at radius 3 is 2.59 bits per heavy atom. The van der Waals surface area contributed by atoms with Crippen molar-refractivity contribution in [1.29, 1.82) is 0 Å². The second-order valence-corrected chi connectivity index (χ2v) is 10.7. The van der Waals surface area contributed by atoms with Crippen LogP contribution in [-0.2, 0) is 22.7 Å².